The van der Waals surface area contributed by atoms with Gasteiger partial charge in [0.05, 0.1) is 26.8 Å². The van der Waals surface area contributed by atoms with Gasteiger partial charge < -0.3 is 0 Å². The lowest BCUT2D eigenvalue weighted by molar-refractivity contribution is -0.119. The van der Waals surface area contributed by atoms with Crippen LogP contribution in [0.15, 0.2) is 76.7 Å². The number of amides is 1. The number of carbonyl (C=O) groups is 1. The number of rotatable bonds is 7. The van der Waals surface area contributed by atoms with Gasteiger partial charge >= 0.3 is 0 Å². The van der Waals surface area contributed by atoms with E-state index in [4.69, 9.17) is 34.8 Å². The van der Waals surface area contributed by atoms with E-state index in [-0.39, 0.29) is 4.90 Å². The van der Waals surface area contributed by atoms with Crippen LogP contribution in [0, 0.1) is 6.92 Å². The van der Waals surface area contributed by atoms with Crippen molar-refractivity contribution in [2.75, 3.05) is 10.8 Å². The molecule has 1 N–H and O–H groups in total. The Morgan fingerprint density at radius 1 is 0.969 bits per heavy atom. The molecule has 0 heterocycles. The first-order valence-corrected chi connectivity index (χ1v) is 11.9. The molecule has 0 radical (unpaired) electrons. The van der Waals surface area contributed by atoms with Crippen LogP contribution in [0.2, 0.25) is 15.1 Å². The zero-order valence-corrected chi connectivity index (χ0v) is 19.9. The van der Waals surface area contributed by atoms with E-state index in [0.29, 0.717) is 26.3 Å². The predicted molar refractivity (Wildman–Crippen MR) is 129 cm³/mol. The Morgan fingerprint density at radius 3 is 2.16 bits per heavy atom. The number of sulfonamides is 1. The fourth-order valence-corrected chi connectivity index (χ4v) is 4.77. The highest BCUT2D eigenvalue weighted by atomic mass is 35.5. The highest BCUT2D eigenvalue weighted by Gasteiger charge is 2.27. The molecule has 1 amide bonds. The molecular weight excluding hydrogens is 493 g/mol. The van der Waals surface area contributed by atoms with E-state index in [0.717, 1.165) is 9.87 Å². The second-order valence-electron chi connectivity index (χ2n) is 6.73. The van der Waals surface area contributed by atoms with Crippen LogP contribution in [-0.4, -0.2) is 27.1 Å². The molecule has 0 spiro atoms. The number of nitrogens with zero attached hydrogens (tertiary/aromatic N) is 2. The predicted octanol–water partition coefficient (Wildman–Crippen LogP) is 5.30. The van der Waals surface area contributed by atoms with Crippen LogP contribution >= 0.6 is 34.8 Å². The summed E-state index contributed by atoms with van der Waals surface area (Å²) < 4.78 is 27.6. The lowest BCUT2D eigenvalue weighted by Gasteiger charge is -2.23. The van der Waals surface area contributed by atoms with Gasteiger partial charge in [0.2, 0.25) is 0 Å². The van der Waals surface area contributed by atoms with Gasteiger partial charge in [-0.1, -0.05) is 58.6 Å². The third kappa shape index (κ3) is 5.81. The fraction of sp³-hybridized carbons (Fsp3) is 0.0909. The molecule has 10 heteroatoms. The Labute approximate surface area is 201 Å². The van der Waals surface area contributed by atoms with Crippen molar-refractivity contribution in [1.29, 1.82) is 0 Å². The quantitative estimate of drug-likeness (QED) is 0.346. The minimum absolute atomic E-state index is 0.00151. The Kier molecular flexibility index (Phi) is 7.79. The van der Waals surface area contributed by atoms with Gasteiger partial charge in [-0.15, -0.1) is 0 Å². The van der Waals surface area contributed by atoms with Gasteiger partial charge in [-0.3, -0.25) is 9.10 Å². The summed E-state index contributed by atoms with van der Waals surface area (Å²) in [5.74, 6) is -0.650. The van der Waals surface area contributed by atoms with Gasteiger partial charge in [0.1, 0.15) is 6.54 Å². The summed E-state index contributed by atoms with van der Waals surface area (Å²) in [5.41, 5.74) is 4.03. The zero-order chi connectivity index (χ0) is 23.3. The maximum absolute atomic E-state index is 13.3. The first kappa shape index (κ1) is 24.1. The number of halogens is 3. The number of hydrogen-bond donors (Lipinski definition) is 1. The first-order chi connectivity index (χ1) is 15.2. The average Bonchev–Trinajstić information content (AvgIpc) is 2.75. The van der Waals surface area contributed by atoms with Crippen LogP contribution in [0.1, 0.15) is 11.1 Å². The van der Waals surface area contributed by atoms with Gasteiger partial charge in [-0.25, -0.2) is 13.8 Å². The molecule has 0 saturated heterocycles. The zero-order valence-electron chi connectivity index (χ0n) is 16.8. The molecule has 0 aliphatic rings. The normalized spacial score (nSPS) is 11.5. The number of benzene rings is 3. The Bertz CT molecular complexity index is 1230. The Hall–Kier alpha value is -2.58. The van der Waals surface area contributed by atoms with Crippen molar-refractivity contribution in [1.82, 2.24) is 5.43 Å². The van der Waals surface area contributed by atoms with Gasteiger partial charge in [0.15, 0.2) is 0 Å². The Balaban J connectivity index is 1.85. The van der Waals surface area contributed by atoms with Crippen LogP contribution in [0.5, 0.6) is 0 Å². The van der Waals surface area contributed by atoms with E-state index in [1.165, 1.54) is 30.5 Å². The second-order valence-corrected chi connectivity index (χ2v) is 9.84. The summed E-state index contributed by atoms with van der Waals surface area (Å²) in [6, 6.07) is 17.4. The first-order valence-electron chi connectivity index (χ1n) is 9.29. The van der Waals surface area contributed by atoms with Gasteiger partial charge in [-0.05, 0) is 55.5 Å². The molecule has 0 bridgehead atoms. The maximum atomic E-state index is 13.3. The lowest BCUT2D eigenvalue weighted by Crippen LogP contribution is -2.39. The molecule has 166 valence electrons. The van der Waals surface area contributed by atoms with Crippen molar-refractivity contribution in [2.24, 2.45) is 5.10 Å². The fourth-order valence-electron chi connectivity index (χ4n) is 2.73. The highest BCUT2D eigenvalue weighted by Crippen LogP contribution is 2.25. The third-order valence-electron chi connectivity index (χ3n) is 4.39. The molecule has 0 aliphatic carbocycles. The summed E-state index contributed by atoms with van der Waals surface area (Å²) in [4.78, 5) is 12.6. The minimum atomic E-state index is -4.05. The monoisotopic (exact) mass is 509 g/mol. The topological polar surface area (TPSA) is 78.8 Å². The van der Waals surface area contributed by atoms with Crippen LogP contribution in [0.25, 0.3) is 0 Å². The summed E-state index contributed by atoms with van der Waals surface area (Å²) in [5, 5.41) is 4.98. The molecule has 32 heavy (non-hydrogen) atoms. The van der Waals surface area contributed by atoms with E-state index < -0.39 is 22.5 Å². The standard InChI is InChI=1S/C22H18Cl3N3O3S/c1-15-5-9-17(10-6-15)28(32(30,31)18-11-7-16(23)8-12-18)14-22(29)27-26-13-19-20(24)3-2-4-21(19)25/h2-13H,14H2,1H3,(H,27,29)/b26-13-. The van der Waals surface area contributed by atoms with Gasteiger partial charge in [-0.2, -0.15) is 5.10 Å². The minimum Gasteiger partial charge on any atom is -0.271 e. The Morgan fingerprint density at radius 2 is 1.56 bits per heavy atom. The average molecular weight is 511 g/mol. The molecule has 0 aliphatic heterocycles. The number of carbonyl (C=O) groups excluding carboxylic acids is 1. The number of hydrazone groups is 1. The number of nitrogens with one attached hydrogen (secondary N) is 1. The molecule has 3 rings (SSSR count). The molecule has 3 aromatic carbocycles. The second kappa shape index (κ2) is 10.4. The van der Waals surface area contributed by atoms with E-state index >= 15 is 0 Å². The SMILES string of the molecule is Cc1ccc(N(CC(=O)N/N=C\c2c(Cl)cccc2Cl)S(=O)(=O)c2ccc(Cl)cc2)cc1. The molecule has 0 atom stereocenters. The molecule has 0 aromatic heterocycles. The van der Waals surface area contributed by atoms with Crippen LogP contribution in [0.3, 0.4) is 0 Å². The lowest BCUT2D eigenvalue weighted by atomic mass is 10.2. The van der Waals surface area contributed by atoms with Crippen molar-refractivity contribution in [2.45, 2.75) is 11.8 Å². The molecule has 6 nitrogen and oxygen atoms in total. The van der Waals surface area contributed by atoms with Crippen LogP contribution < -0.4 is 9.73 Å². The van der Waals surface area contributed by atoms with Gasteiger partial charge in [0.25, 0.3) is 15.9 Å². The molecular formula is C22H18Cl3N3O3S. The molecule has 0 fully saturated rings. The molecule has 0 saturated carbocycles. The molecule has 3 aromatic rings. The van der Waals surface area contributed by atoms with Crippen molar-refractivity contribution in [3.8, 4) is 0 Å². The molecule has 0 unspecified atom stereocenters. The third-order valence-corrected chi connectivity index (χ3v) is 7.09. The van der Waals surface area contributed by atoms with Crippen LogP contribution in [-0.2, 0) is 14.8 Å². The summed E-state index contributed by atoms with van der Waals surface area (Å²) in [6.07, 6.45) is 1.30. The number of hydrogen-bond acceptors (Lipinski definition) is 4. The van der Waals surface area contributed by atoms with Crippen molar-refractivity contribution < 1.29 is 13.2 Å². The largest absolute Gasteiger partial charge is 0.271 e. The van der Waals surface area contributed by atoms with E-state index in [1.54, 1.807) is 42.5 Å². The number of aryl methyl sites for hydroxylation is 1. The summed E-state index contributed by atoms with van der Waals surface area (Å²) >= 11 is 18.0. The van der Waals surface area contributed by atoms with Gasteiger partial charge in [0, 0.05) is 10.6 Å². The summed E-state index contributed by atoms with van der Waals surface area (Å²) in [6.45, 7) is 1.38. The smallest absolute Gasteiger partial charge is 0.264 e. The number of anilines is 1. The van der Waals surface area contributed by atoms with Crippen LogP contribution in [0.4, 0.5) is 5.69 Å². The maximum Gasteiger partial charge on any atom is 0.264 e. The van der Waals surface area contributed by atoms with Crippen molar-refractivity contribution in [3.63, 3.8) is 0 Å². The van der Waals surface area contributed by atoms with E-state index in [2.05, 4.69) is 10.5 Å². The van der Waals surface area contributed by atoms with Crippen molar-refractivity contribution in [3.05, 3.63) is 92.9 Å². The van der Waals surface area contributed by atoms with E-state index in [9.17, 15) is 13.2 Å². The highest BCUT2D eigenvalue weighted by molar-refractivity contribution is 7.92. The van der Waals surface area contributed by atoms with E-state index in [1.807, 2.05) is 6.92 Å². The van der Waals surface area contributed by atoms with Crippen molar-refractivity contribution >= 4 is 62.6 Å². The summed E-state index contributed by atoms with van der Waals surface area (Å²) in [7, 11) is -4.05.